The van der Waals surface area contributed by atoms with E-state index < -0.39 is 0 Å². The van der Waals surface area contributed by atoms with Crippen molar-refractivity contribution >= 4 is 22.3 Å². The lowest BCUT2D eigenvalue weighted by Crippen LogP contribution is -2.03. The molecule has 0 saturated carbocycles. The van der Waals surface area contributed by atoms with Gasteiger partial charge in [0.1, 0.15) is 23.3 Å². The predicted molar refractivity (Wildman–Crippen MR) is 129 cm³/mol. The number of benzene rings is 3. The molecule has 0 N–H and O–H groups in total. The summed E-state index contributed by atoms with van der Waals surface area (Å²) in [4.78, 5) is 13.4. The van der Waals surface area contributed by atoms with Crippen molar-refractivity contribution in [3.8, 4) is 17.6 Å². The van der Waals surface area contributed by atoms with Crippen LogP contribution in [0.2, 0.25) is 0 Å². The van der Waals surface area contributed by atoms with Crippen molar-refractivity contribution < 1.29 is 4.74 Å². The molecular weight excluding hydrogens is 408 g/mol. The number of hydrogen-bond acceptors (Lipinski definition) is 5. The van der Waals surface area contributed by atoms with Crippen LogP contribution in [-0.2, 0) is 0 Å². The molecule has 0 saturated heterocycles. The Balaban J connectivity index is 1.56. The van der Waals surface area contributed by atoms with E-state index in [0.29, 0.717) is 17.3 Å². The van der Waals surface area contributed by atoms with Crippen LogP contribution in [0, 0.1) is 11.3 Å². The molecule has 2 heterocycles. The molecule has 156 valence electrons. The highest BCUT2D eigenvalue weighted by Gasteiger charge is 2.10. The third-order valence-electron chi connectivity index (χ3n) is 5.07. The van der Waals surface area contributed by atoms with E-state index in [1.807, 2.05) is 84.9 Å². The summed E-state index contributed by atoms with van der Waals surface area (Å²) in [5, 5.41) is 11.6. The molecule has 0 bridgehead atoms. The van der Waals surface area contributed by atoms with E-state index in [1.165, 1.54) is 0 Å². The second-order valence-corrected chi connectivity index (χ2v) is 7.34. The van der Waals surface area contributed by atoms with Crippen molar-refractivity contribution in [1.82, 2.24) is 9.97 Å². The van der Waals surface area contributed by atoms with Crippen molar-refractivity contribution in [2.24, 2.45) is 4.99 Å². The molecule has 0 amide bonds. The van der Waals surface area contributed by atoms with E-state index in [2.05, 4.69) is 16.0 Å². The number of fused-ring (bicyclic) bond motifs is 1. The molecule has 2 aromatic heterocycles. The van der Waals surface area contributed by atoms with Gasteiger partial charge in [-0.25, -0.2) is 9.98 Å². The number of aliphatic imine (C=N–C) groups is 1. The van der Waals surface area contributed by atoms with Gasteiger partial charge >= 0.3 is 0 Å². The Hall–Kier alpha value is -4.82. The van der Waals surface area contributed by atoms with Crippen LogP contribution in [0.5, 0.6) is 11.5 Å². The van der Waals surface area contributed by atoms with Gasteiger partial charge in [-0.3, -0.25) is 4.98 Å². The number of ether oxygens (including phenoxy) is 1. The number of hydrogen-bond donors (Lipinski definition) is 0. The van der Waals surface area contributed by atoms with Crippen LogP contribution in [-0.4, -0.2) is 15.7 Å². The molecule has 3 aromatic carbocycles. The zero-order valence-corrected chi connectivity index (χ0v) is 17.6. The van der Waals surface area contributed by atoms with Crippen LogP contribution in [0.15, 0.2) is 114 Å². The highest BCUT2D eigenvalue weighted by Crippen LogP contribution is 2.28. The zero-order valence-electron chi connectivity index (χ0n) is 17.6. The molecule has 5 heteroatoms. The summed E-state index contributed by atoms with van der Waals surface area (Å²) in [5.41, 5.74) is 2.91. The molecule has 0 aliphatic rings. The first-order chi connectivity index (χ1) is 16.3. The third-order valence-corrected chi connectivity index (χ3v) is 5.07. The summed E-state index contributed by atoms with van der Waals surface area (Å²) in [6.45, 7) is 0. The summed E-state index contributed by atoms with van der Waals surface area (Å²) < 4.78 is 6.07. The summed E-state index contributed by atoms with van der Waals surface area (Å²) >= 11 is 0. The fourth-order valence-electron chi connectivity index (χ4n) is 3.53. The Labute approximate surface area is 191 Å². The smallest absolute Gasteiger partial charge is 0.157 e. The molecular formula is C28H18N4O. The Morgan fingerprint density at radius 2 is 1.48 bits per heavy atom. The second-order valence-electron chi connectivity index (χ2n) is 7.34. The predicted octanol–water partition coefficient (Wildman–Crippen LogP) is 6.46. The molecule has 5 rings (SSSR count). The van der Waals surface area contributed by atoms with Gasteiger partial charge in [0, 0.05) is 41.0 Å². The summed E-state index contributed by atoms with van der Waals surface area (Å²) in [6.07, 6.45) is 3.55. The normalized spacial score (nSPS) is 10.4. The van der Waals surface area contributed by atoms with Crippen LogP contribution < -0.4 is 4.74 Å². The minimum absolute atomic E-state index is 0.231. The van der Waals surface area contributed by atoms with E-state index in [-0.39, 0.29) is 5.69 Å². The van der Waals surface area contributed by atoms with Crippen molar-refractivity contribution in [3.05, 3.63) is 126 Å². The van der Waals surface area contributed by atoms with Crippen LogP contribution >= 0.6 is 0 Å². The SMILES string of the molecule is N#Cc1cc(Oc2ccc3ccncc3c2)cc(N=C(c2ccccc2)c2ccccc2)n1. The van der Waals surface area contributed by atoms with Gasteiger partial charge in [0.15, 0.2) is 5.82 Å². The van der Waals surface area contributed by atoms with E-state index in [4.69, 9.17) is 9.73 Å². The fraction of sp³-hybridized carbons (Fsp3) is 0. The van der Waals surface area contributed by atoms with Crippen LogP contribution in [0.25, 0.3) is 10.8 Å². The molecule has 0 atom stereocenters. The second kappa shape index (κ2) is 9.13. The molecule has 5 nitrogen and oxygen atoms in total. The van der Waals surface area contributed by atoms with E-state index in [1.54, 1.807) is 24.5 Å². The van der Waals surface area contributed by atoms with Gasteiger partial charge in [0.2, 0.25) is 0 Å². The van der Waals surface area contributed by atoms with Crippen LogP contribution in [0.4, 0.5) is 5.82 Å². The highest BCUT2D eigenvalue weighted by molar-refractivity contribution is 6.13. The zero-order chi connectivity index (χ0) is 22.5. The first-order valence-electron chi connectivity index (χ1n) is 10.4. The van der Waals surface area contributed by atoms with E-state index in [9.17, 15) is 5.26 Å². The van der Waals surface area contributed by atoms with Gasteiger partial charge in [0.05, 0.1) is 5.71 Å². The quantitative estimate of drug-likeness (QED) is 0.302. The van der Waals surface area contributed by atoms with Gasteiger partial charge in [-0.05, 0) is 23.6 Å². The molecule has 0 aliphatic heterocycles. The maximum Gasteiger partial charge on any atom is 0.157 e. The minimum atomic E-state index is 0.231. The molecule has 0 unspecified atom stereocenters. The number of nitriles is 1. The summed E-state index contributed by atoms with van der Waals surface area (Å²) in [7, 11) is 0. The maximum atomic E-state index is 9.54. The molecule has 5 aromatic rings. The van der Waals surface area contributed by atoms with E-state index >= 15 is 0 Å². The topological polar surface area (TPSA) is 71.2 Å². The fourth-order valence-corrected chi connectivity index (χ4v) is 3.53. The largest absolute Gasteiger partial charge is 0.457 e. The highest BCUT2D eigenvalue weighted by atomic mass is 16.5. The van der Waals surface area contributed by atoms with Gasteiger partial charge in [0.25, 0.3) is 0 Å². The molecule has 0 radical (unpaired) electrons. The van der Waals surface area contributed by atoms with E-state index in [0.717, 1.165) is 27.6 Å². The van der Waals surface area contributed by atoms with Gasteiger partial charge < -0.3 is 4.74 Å². The van der Waals surface area contributed by atoms with Crippen molar-refractivity contribution in [2.45, 2.75) is 0 Å². The molecule has 33 heavy (non-hydrogen) atoms. The van der Waals surface area contributed by atoms with Crippen LogP contribution in [0.1, 0.15) is 16.8 Å². The number of aromatic nitrogens is 2. The average Bonchev–Trinajstić information content (AvgIpc) is 2.88. The average molecular weight is 426 g/mol. The number of nitrogens with zero attached hydrogens (tertiary/aromatic N) is 4. The maximum absolute atomic E-state index is 9.54. The Morgan fingerprint density at radius 1 is 0.758 bits per heavy atom. The van der Waals surface area contributed by atoms with Gasteiger partial charge in [-0.15, -0.1) is 0 Å². The molecule has 0 fully saturated rings. The lowest BCUT2D eigenvalue weighted by Gasteiger charge is -2.10. The lowest BCUT2D eigenvalue weighted by atomic mass is 10.0. The van der Waals surface area contributed by atoms with Crippen molar-refractivity contribution in [1.29, 1.82) is 5.26 Å². The van der Waals surface area contributed by atoms with Crippen molar-refractivity contribution in [3.63, 3.8) is 0 Å². The Morgan fingerprint density at radius 3 is 2.18 bits per heavy atom. The third kappa shape index (κ3) is 4.60. The summed E-state index contributed by atoms with van der Waals surface area (Å²) in [5.74, 6) is 1.53. The number of pyridine rings is 2. The van der Waals surface area contributed by atoms with Gasteiger partial charge in [-0.2, -0.15) is 5.26 Å². The summed E-state index contributed by atoms with van der Waals surface area (Å²) in [6, 6.07) is 33.0. The number of rotatable bonds is 5. The standard InChI is InChI=1S/C28H18N4O/c29-18-24-16-26(33-25-12-11-20-13-14-30-19-23(20)15-25)17-27(31-24)32-28(21-7-3-1-4-8-21)22-9-5-2-6-10-22/h1-17,19H. The lowest BCUT2D eigenvalue weighted by molar-refractivity contribution is 0.482. The molecule has 0 spiro atoms. The Bertz CT molecular complexity index is 1450. The molecule has 0 aliphatic carbocycles. The van der Waals surface area contributed by atoms with Gasteiger partial charge in [-0.1, -0.05) is 66.7 Å². The first kappa shape index (κ1) is 20.1. The van der Waals surface area contributed by atoms with Crippen LogP contribution in [0.3, 0.4) is 0 Å². The van der Waals surface area contributed by atoms with Crippen molar-refractivity contribution in [2.75, 3.05) is 0 Å². The Kier molecular flexibility index (Phi) is 5.56. The first-order valence-corrected chi connectivity index (χ1v) is 10.4. The minimum Gasteiger partial charge on any atom is -0.457 e. The monoisotopic (exact) mass is 426 g/mol.